The Hall–Kier alpha value is -0.610. The first kappa shape index (κ1) is 19.7. The van der Waals surface area contributed by atoms with Crippen LogP contribution in [0.2, 0.25) is 0 Å². The molecule has 1 aliphatic carbocycles. The smallest absolute Gasteiger partial charge is 0.264 e. The summed E-state index contributed by atoms with van der Waals surface area (Å²) in [5.41, 5.74) is -0.392. The molecule has 0 aromatic heterocycles. The van der Waals surface area contributed by atoms with Gasteiger partial charge >= 0.3 is 0 Å². The maximum atomic E-state index is 12.9. The van der Waals surface area contributed by atoms with Gasteiger partial charge in [0.1, 0.15) is 11.6 Å². The van der Waals surface area contributed by atoms with Crippen molar-refractivity contribution in [2.75, 3.05) is 13.2 Å². The van der Waals surface area contributed by atoms with E-state index < -0.39 is 5.41 Å². The summed E-state index contributed by atoms with van der Waals surface area (Å²) in [7, 11) is 0. The van der Waals surface area contributed by atoms with E-state index in [4.69, 9.17) is 0 Å². The number of carbonyl (C=O) groups is 1. The van der Waals surface area contributed by atoms with Crippen LogP contribution >= 0.6 is 22.6 Å². The van der Waals surface area contributed by atoms with Crippen LogP contribution in [0.25, 0.3) is 0 Å². The minimum Gasteiger partial charge on any atom is -0.395 e. The van der Waals surface area contributed by atoms with Gasteiger partial charge < -0.3 is 10.0 Å². The lowest BCUT2D eigenvalue weighted by Crippen LogP contribution is -2.50. The summed E-state index contributed by atoms with van der Waals surface area (Å²) in [4.78, 5) is 14.8. The topological polar surface area (TPSA) is 64.3 Å². The van der Waals surface area contributed by atoms with E-state index in [9.17, 15) is 15.2 Å². The fourth-order valence-electron chi connectivity index (χ4n) is 4.13. The van der Waals surface area contributed by atoms with Gasteiger partial charge in [-0.15, -0.1) is 0 Å². The minimum atomic E-state index is -0.558. The lowest BCUT2D eigenvalue weighted by Gasteiger charge is -2.44. The molecule has 4 nitrogen and oxygen atoms in total. The van der Waals surface area contributed by atoms with Crippen LogP contribution in [-0.2, 0) is 4.79 Å². The van der Waals surface area contributed by atoms with Crippen molar-refractivity contribution in [3.05, 3.63) is 11.6 Å². The molecule has 0 aromatic rings. The standard InChI is InChI=1S/C19H29IN2O2/c1-13-17-9-16(20)6-4-5-14(17)7-8-22(13)18(24)15(11-21)10-19(2,3)12-23/h10,13-14,16-17,23H,4-9,12H2,1-3H3/b15-10+. The summed E-state index contributed by atoms with van der Waals surface area (Å²) >= 11 is 2.55. The predicted octanol–water partition coefficient (Wildman–Crippen LogP) is 3.69. The Morgan fingerprint density at radius 3 is 2.75 bits per heavy atom. The van der Waals surface area contributed by atoms with Crippen molar-refractivity contribution >= 4 is 28.5 Å². The molecule has 4 atom stereocenters. The van der Waals surface area contributed by atoms with Gasteiger partial charge in [-0.2, -0.15) is 5.26 Å². The molecule has 1 heterocycles. The number of halogens is 1. The highest BCUT2D eigenvalue weighted by Gasteiger charge is 2.40. The molecule has 0 spiro atoms. The van der Waals surface area contributed by atoms with Gasteiger partial charge in [0.25, 0.3) is 5.91 Å². The van der Waals surface area contributed by atoms with Gasteiger partial charge in [-0.25, -0.2) is 0 Å². The van der Waals surface area contributed by atoms with Gasteiger partial charge in [-0.1, -0.05) is 55.4 Å². The first-order chi connectivity index (χ1) is 11.3. The van der Waals surface area contributed by atoms with E-state index in [0.29, 0.717) is 15.8 Å². The Bertz CT molecular complexity index is 538. The molecule has 24 heavy (non-hydrogen) atoms. The Kier molecular flexibility index (Phi) is 6.72. The molecule has 1 N–H and O–H groups in total. The monoisotopic (exact) mass is 444 g/mol. The first-order valence-electron chi connectivity index (χ1n) is 8.98. The highest BCUT2D eigenvalue weighted by molar-refractivity contribution is 14.1. The predicted molar refractivity (Wildman–Crippen MR) is 104 cm³/mol. The summed E-state index contributed by atoms with van der Waals surface area (Å²) in [5.74, 6) is 1.09. The third kappa shape index (κ3) is 4.51. The number of alkyl halides is 1. The highest BCUT2D eigenvalue weighted by Crippen LogP contribution is 2.41. The van der Waals surface area contributed by atoms with Crippen molar-refractivity contribution in [1.29, 1.82) is 5.26 Å². The summed E-state index contributed by atoms with van der Waals surface area (Å²) in [6, 6.07) is 2.24. The van der Waals surface area contributed by atoms with Crippen molar-refractivity contribution in [2.45, 2.75) is 62.8 Å². The second-order valence-electron chi connectivity index (χ2n) is 8.03. The fourth-order valence-corrected chi connectivity index (χ4v) is 5.16. The van der Waals surface area contributed by atoms with Crippen LogP contribution in [0.15, 0.2) is 11.6 Å². The van der Waals surface area contributed by atoms with Crippen LogP contribution in [0.3, 0.4) is 0 Å². The second kappa shape index (κ2) is 8.18. The summed E-state index contributed by atoms with van der Waals surface area (Å²) < 4.78 is 0.689. The summed E-state index contributed by atoms with van der Waals surface area (Å²) in [5, 5.41) is 18.9. The van der Waals surface area contributed by atoms with E-state index in [2.05, 4.69) is 35.6 Å². The molecule has 4 unspecified atom stereocenters. The summed E-state index contributed by atoms with van der Waals surface area (Å²) in [6.45, 7) is 6.47. The Morgan fingerprint density at radius 2 is 2.12 bits per heavy atom. The SMILES string of the molecule is CC1C2CC(I)CCCC2CCN1C(=O)/C(C#N)=C/C(C)(C)CO. The van der Waals surface area contributed by atoms with E-state index in [1.807, 2.05) is 18.7 Å². The van der Waals surface area contributed by atoms with E-state index in [-0.39, 0.29) is 24.1 Å². The Morgan fingerprint density at radius 1 is 1.42 bits per heavy atom. The molecule has 2 rings (SSSR count). The zero-order valence-corrected chi connectivity index (χ0v) is 17.1. The maximum absolute atomic E-state index is 12.9. The number of nitriles is 1. The average Bonchev–Trinajstić information content (AvgIpc) is 2.74. The van der Waals surface area contributed by atoms with Crippen LogP contribution in [0.5, 0.6) is 0 Å². The Balaban J connectivity index is 2.19. The minimum absolute atomic E-state index is 0.0811. The van der Waals surface area contributed by atoms with Crippen molar-refractivity contribution in [3.8, 4) is 6.07 Å². The van der Waals surface area contributed by atoms with Crippen molar-refractivity contribution in [3.63, 3.8) is 0 Å². The number of carbonyl (C=O) groups excluding carboxylic acids is 1. The van der Waals surface area contributed by atoms with Crippen LogP contribution < -0.4 is 0 Å². The van der Waals surface area contributed by atoms with Crippen LogP contribution in [0.4, 0.5) is 0 Å². The number of piperidine rings is 1. The number of rotatable bonds is 3. The number of hydrogen-bond donors (Lipinski definition) is 1. The quantitative estimate of drug-likeness (QED) is 0.313. The molecule has 0 aromatic carbocycles. The number of hydrogen-bond acceptors (Lipinski definition) is 3. The molecule has 134 valence electrons. The van der Waals surface area contributed by atoms with Gasteiger partial charge in [0.15, 0.2) is 0 Å². The van der Waals surface area contributed by atoms with Crippen molar-refractivity contribution in [1.82, 2.24) is 4.90 Å². The lowest BCUT2D eigenvalue weighted by molar-refractivity contribution is -0.132. The normalized spacial score (nSPS) is 31.8. The van der Waals surface area contributed by atoms with Crippen molar-refractivity contribution < 1.29 is 9.90 Å². The van der Waals surface area contributed by atoms with Crippen LogP contribution in [-0.4, -0.2) is 39.0 Å². The zero-order valence-electron chi connectivity index (χ0n) is 15.0. The number of fused-ring (bicyclic) bond motifs is 1. The number of amides is 1. The van der Waals surface area contributed by atoms with Crippen LogP contribution in [0, 0.1) is 28.6 Å². The molecule has 0 bridgehead atoms. The molecule has 2 aliphatic rings. The first-order valence-corrected chi connectivity index (χ1v) is 10.2. The van der Waals surface area contributed by atoms with Gasteiger partial charge in [-0.05, 0) is 38.0 Å². The fraction of sp³-hybridized carbons (Fsp3) is 0.789. The number of nitrogens with zero attached hydrogens (tertiary/aromatic N) is 2. The molecule has 1 amide bonds. The van der Waals surface area contributed by atoms with Gasteiger partial charge in [0, 0.05) is 21.9 Å². The third-order valence-corrected chi connectivity index (χ3v) is 6.76. The van der Waals surface area contributed by atoms with E-state index in [1.54, 1.807) is 6.08 Å². The largest absolute Gasteiger partial charge is 0.395 e. The second-order valence-corrected chi connectivity index (χ2v) is 9.79. The van der Waals surface area contributed by atoms with Gasteiger partial charge in [-0.3, -0.25) is 4.79 Å². The molecular weight excluding hydrogens is 415 g/mol. The molecule has 1 saturated carbocycles. The Labute approximate surface area is 159 Å². The number of aliphatic hydroxyl groups is 1. The molecular formula is C19H29IN2O2. The zero-order chi connectivity index (χ0) is 17.9. The molecule has 1 aliphatic heterocycles. The lowest BCUT2D eigenvalue weighted by atomic mass is 9.77. The highest BCUT2D eigenvalue weighted by atomic mass is 127. The third-order valence-electron chi connectivity index (χ3n) is 5.63. The molecule has 1 saturated heterocycles. The van der Waals surface area contributed by atoms with E-state index in [1.165, 1.54) is 25.7 Å². The molecule has 5 heteroatoms. The van der Waals surface area contributed by atoms with E-state index >= 15 is 0 Å². The number of aliphatic hydroxyl groups excluding tert-OH is 1. The van der Waals surface area contributed by atoms with Gasteiger partial charge in [0.05, 0.1) is 6.61 Å². The van der Waals surface area contributed by atoms with Crippen molar-refractivity contribution in [2.24, 2.45) is 17.3 Å². The number of likely N-dealkylation sites (tertiary alicyclic amines) is 1. The molecule has 0 radical (unpaired) electrons. The summed E-state index contributed by atoms with van der Waals surface area (Å²) in [6.07, 6.45) is 7.69. The van der Waals surface area contributed by atoms with Gasteiger partial charge in [0.2, 0.25) is 0 Å². The maximum Gasteiger partial charge on any atom is 0.264 e. The van der Waals surface area contributed by atoms with Crippen LogP contribution in [0.1, 0.15) is 52.9 Å². The van der Waals surface area contributed by atoms with E-state index in [0.717, 1.165) is 13.0 Å². The average molecular weight is 444 g/mol. The molecule has 2 fully saturated rings.